The lowest BCUT2D eigenvalue weighted by Gasteiger charge is -2.13. The van der Waals surface area contributed by atoms with E-state index in [0.717, 1.165) is 4.90 Å². The molecule has 40 heavy (non-hydrogen) atoms. The molecule has 8 nitrogen and oxygen atoms in total. The molecule has 0 aromatic heterocycles. The SMILES string of the molecule is COC(=O)c1cc(NC(=O)CN2C(=O)S/C(=C/c3cc(Br)c(OCc4ccccc4F)c(Br)c3)C2=O)ccc1Cl. The van der Waals surface area contributed by atoms with Crippen LogP contribution in [0.3, 0.4) is 0 Å². The maximum atomic E-state index is 13.9. The van der Waals surface area contributed by atoms with Crippen LogP contribution in [-0.4, -0.2) is 41.6 Å². The fourth-order valence-corrected chi connectivity index (χ4v) is 6.05. The molecule has 1 N–H and O–H groups in total. The van der Waals surface area contributed by atoms with Crippen LogP contribution in [0.5, 0.6) is 5.75 Å². The van der Waals surface area contributed by atoms with Gasteiger partial charge in [-0.1, -0.05) is 29.8 Å². The number of imide groups is 1. The summed E-state index contributed by atoms with van der Waals surface area (Å²) in [5.74, 6) is -1.91. The Balaban J connectivity index is 1.44. The molecule has 1 aliphatic rings. The van der Waals surface area contributed by atoms with Gasteiger partial charge in [0.1, 0.15) is 24.7 Å². The molecule has 3 aromatic carbocycles. The first-order valence-corrected chi connectivity index (χ1v) is 14.1. The number of benzene rings is 3. The van der Waals surface area contributed by atoms with Crippen LogP contribution >= 0.6 is 55.2 Å². The Hall–Kier alpha value is -3.19. The standard InChI is InChI=1S/C27H18Br2ClFN2O6S/c1-38-26(36)17-11-16(6-7-20(17)30)32-23(34)12-33-25(35)22(40-27(33)37)10-14-8-18(28)24(19(29)9-14)39-13-15-4-2-3-5-21(15)31/h2-11H,12-13H2,1H3,(H,32,34)/b22-10+. The molecular formula is C27H18Br2ClFN2O6S. The molecular weight excluding hydrogens is 695 g/mol. The second-order valence-electron chi connectivity index (χ2n) is 8.20. The first-order valence-electron chi connectivity index (χ1n) is 11.4. The molecule has 0 aliphatic carbocycles. The molecule has 0 atom stereocenters. The average Bonchev–Trinajstić information content (AvgIpc) is 3.16. The van der Waals surface area contributed by atoms with E-state index < -0.39 is 29.6 Å². The summed E-state index contributed by atoms with van der Waals surface area (Å²) < 4.78 is 25.4. The summed E-state index contributed by atoms with van der Waals surface area (Å²) in [6, 6.07) is 13.9. The van der Waals surface area contributed by atoms with Crippen LogP contribution in [0.2, 0.25) is 5.02 Å². The van der Waals surface area contributed by atoms with Gasteiger partial charge in [-0.25, -0.2) is 9.18 Å². The smallest absolute Gasteiger partial charge is 0.339 e. The van der Waals surface area contributed by atoms with Gasteiger partial charge >= 0.3 is 5.97 Å². The summed E-state index contributed by atoms with van der Waals surface area (Å²) in [5.41, 5.74) is 1.26. The maximum absolute atomic E-state index is 13.9. The number of ether oxygens (including phenoxy) is 2. The third-order valence-electron chi connectivity index (χ3n) is 5.48. The highest BCUT2D eigenvalue weighted by atomic mass is 79.9. The van der Waals surface area contributed by atoms with Crippen LogP contribution in [-0.2, 0) is 20.9 Å². The Morgan fingerprint density at radius 3 is 2.48 bits per heavy atom. The number of nitrogens with zero attached hydrogens (tertiary/aromatic N) is 1. The molecule has 1 aliphatic heterocycles. The van der Waals surface area contributed by atoms with Crippen LogP contribution in [0.15, 0.2) is 68.4 Å². The maximum Gasteiger partial charge on any atom is 0.339 e. The van der Waals surface area contributed by atoms with E-state index in [0.29, 0.717) is 37.6 Å². The van der Waals surface area contributed by atoms with Gasteiger partial charge in [-0.2, -0.15) is 0 Å². The van der Waals surface area contributed by atoms with Crippen molar-refractivity contribution >= 4 is 90.0 Å². The number of anilines is 1. The Labute approximate surface area is 254 Å². The van der Waals surface area contributed by atoms with Crippen LogP contribution in [0.25, 0.3) is 6.08 Å². The number of halogens is 4. The number of hydrogen-bond donors (Lipinski definition) is 1. The quantitative estimate of drug-likeness (QED) is 0.198. The molecule has 0 saturated carbocycles. The molecule has 3 aromatic rings. The molecule has 1 heterocycles. The van der Waals surface area contributed by atoms with Gasteiger partial charge in [-0.05, 0) is 91.7 Å². The van der Waals surface area contributed by atoms with E-state index in [2.05, 4.69) is 41.9 Å². The topological polar surface area (TPSA) is 102 Å². The monoisotopic (exact) mass is 710 g/mol. The van der Waals surface area contributed by atoms with Crippen molar-refractivity contribution in [1.29, 1.82) is 0 Å². The Morgan fingerprint density at radius 2 is 1.80 bits per heavy atom. The molecule has 0 unspecified atom stereocenters. The molecule has 206 valence electrons. The van der Waals surface area contributed by atoms with Crippen molar-refractivity contribution in [1.82, 2.24) is 4.90 Å². The molecule has 4 rings (SSSR count). The van der Waals surface area contributed by atoms with Crippen molar-refractivity contribution in [3.8, 4) is 5.75 Å². The van der Waals surface area contributed by atoms with Crippen LogP contribution in [0, 0.1) is 5.82 Å². The number of rotatable bonds is 8. The summed E-state index contributed by atoms with van der Waals surface area (Å²) in [6.45, 7) is -0.529. The fraction of sp³-hybridized carbons (Fsp3) is 0.111. The highest BCUT2D eigenvalue weighted by Gasteiger charge is 2.36. The largest absolute Gasteiger partial charge is 0.486 e. The number of nitrogens with one attached hydrogen (secondary N) is 1. The predicted octanol–water partition coefficient (Wildman–Crippen LogP) is 7.04. The van der Waals surface area contributed by atoms with E-state index in [1.807, 2.05) is 0 Å². The number of carbonyl (C=O) groups is 4. The Morgan fingerprint density at radius 1 is 1.10 bits per heavy atom. The summed E-state index contributed by atoms with van der Waals surface area (Å²) in [4.78, 5) is 50.8. The van der Waals surface area contributed by atoms with Gasteiger partial charge in [0.15, 0.2) is 0 Å². The van der Waals surface area contributed by atoms with Crippen molar-refractivity contribution in [3.63, 3.8) is 0 Å². The van der Waals surface area contributed by atoms with Gasteiger partial charge in [0.05, 0.1) is 31.5 Å². The second kappa shape index (κ2) is 13.0. The van der Waals surface area contributed by atoms with Gasteiger partial charge in [0, 0.05) is 11.3 Å². The number of hydrogen-bond acceptors (Lipinski definition) is 7. The zero-order chi connectivity index (χ0) is 29.0. The number of amides is 3. The average molecular weight is 713 g/mol. The lowest BCUT2D eigenvalue weighted by Crippen LogP contribution is -2.36. The fourth-order valence-electron chi connectivity index (χ4n) is 3.57. The summed E-state index contributed by atoms with van der Waals surface area (Å²) >= 11 is 13.5. The van der Waals surface area contributed by atoms with E-state index >= 15 is 0 Å². The van der Waals surface area contributed by atoms with E-state index in [1.165, 1.54) is 37.5 Å². The molecule has 0 bridgehead atoms. The number of esters is 1. The minimum atomic E-state index is -0.680. The molecule has 1 fully saturated rings. The zero-order valence-electron chi connectivity index (χ0n) is 20.5. The van der Waals surface area contributed by atoms with Gasteiger partial charge in [0.2, 0.25) is 5.91 Å². The molecule has 1 saturated heterocycles. The normalized spacial score (nSPS) is 14.0. The number of thioether (sulfide) groups is 1. The van der Waals surface area contributed by atoms with Crippen molar-refractivity contribution in [2.75, 3.05) is 19.0 Å². The van der Waals surface area contributed by atoms with E-state index in [-0.39, 0.29) is 33.6 Å². The third kappa shape index (κ3) is 6.92. The predicted molar refractivity (Wildman–Crippen MR) is 157 cm³/mol. The van der Waals surface area contributed by atoms with Crippen LogP contribution in [0.4, 0.5) is 14.9 Å². The Bertz CT molecular complexity index is 1540. The first kappa shape index (κ1) is 29.8. The molecule has 0 spiro atoms. The molecule has 13 heteroatoms. The van der Waals surface area contributed by atoms with Crippen molar-refractivity contribution in [2.24, 2.45) is 0 Å². The minimum absolute atomic E-state index is 0.00416. The van der Waals surface area contributed by atoms with Crippen LogP contribution in [0.1, 0.15) is 21.5 Å². The highest BCUT2D eigenvalue weighted by Crippen LogP contribution is 2.38. The highest BCUT2D eigenvalue weighted by molar-refractivity contribution is 9.11. The molecule has 0 radical (unpaired) electrons. The van der Waals surface area contributed by atoms with E-state index in [1.54, 1.807) is 30.3 Å². The zero-order valence-corrected chi connectivity index (χ0v) is 25.2. The third-order valence-corrected chi connectivity index (χ3v) is 7.89. The second-order valence-corrected chi connectivity index (χ2v) is 11.3. The summed E-state index contributed by atoms with van der Waals surface area (Å²) in [7, 11) is 1.20. The van der Waals surface area contributed by atoms with Crippen molar-refractivity contribution in [2.45, 2.75) is 6.61 Å². The van der Waals surface area contributed by atoms with Crippen molar-refractivity contribution in [3.05, 3.63) is 96.0 Å². The summed E-state index contributed by atoms with van der Waals surface area (Å²) in [6.07, 6.45) is 1.51. The lowest BCUT2D eigenvalue weighted by molar-refractivity contribution is -0.127. The van der Waals surface area contributed by atoms with Gasteiger partial charge < -0.3 is 14.8 Å². The minimum Gasteiger partial charge on any atom is -0.486 e. The lowest BCUT2D eigenvalue weighted by atomic mass is 10.2. The van der Waals surface area contributed by atoms with Crippen molar-refractivity contribution < 1.29 is 33.0 Å². The molecule has 3 amide bonds. The van der Waals surface area contributed by atoms with Gasteiger partial charge in [0.25, 0.3) is 11.1 Å². The van der Waals surface area contributed by atoms with Gasteiger partial charge in [-0.3, -0.25) is 19.3 Å². The summed E-state index contributed by atoms with van der Waals surface area (Å²) in [5, 5.41) is 2.07. The number of carbonyl (C=O) groups excluding carboxylic acids is 4. The van der Waals surface area contributed by atoms with E-state index in [4.69, 9.17) is 16.3 Å². The van der Waals surface area contributed by atoms with Gasteiger partial charge in [-0.15, -0.1) is 0 Å². The Kier molecular flexibility index (Phi) is 9.67. The first-order chi connectivity index (χ1) is 19.1. The van der Waals surface area contributed by atoms with Crippen LogP contribution < -0.4 is 10.1 Å². The number of methoxy groups -OCH3 is 1. The van der Waals surface area contributed by atoms with E-state index in [9.17, 15) is 23.6 Å².